The highest BCUT2D eigenvalue weighted by Crippen LogP contribution is 2.38. The van der Waals surface area contributed by atoms with E-state index in [-0.39, 0.29) is 10.8 Å². The zero-order chi connectivity index (χ0) is 16.1. The molecule has 2 aromatic carbocycles. The number of aromatic nitrogens is 1. The molecule has 0 radical (unpaired) electrons. The molecule has 1 heterocycles. The molecule has 0 fully saturated rings. The summed E-state index contributed by atoms with van der Waals surface area (Å²) in [6.07, 6.45) is 0. The SMILES string of the molecule is CC(C)(C)c1ccc2cc3ccccc3nc2c1C(C)(C)C. The fourth-order valence-corrected chi connectivity index (χ4v) is 3.23. The Morgan fingerprint density at radius 2 is 1.41 bits per heavy atom. The van der Waals surface area contributed by atoms with Crippen molar-refractivity contribution >= 4 is 21.8 Å². The average molecular weight is 291 g/mol. The third kappa shape index (κ3) is 2.49. The summed E-state index contributed by atoms with van der Waals surface area (Å²) in [6.45, 7) is 13.7. The van der Waals surface area contributed by atoms with Gasteiger partial charge in [-0.15, -0.1) is 0 Å². The largest absolute Gasteiger partial charge is 0.247 e. The molecule has 3 aromatic rings. The third-order valence-electron chi connectivity index (χ3n) is 4.25. The first-order valence-electron chi connectivity index (χ1n) is 8.01. The maximum atomic E-state index is 5.02. The van der Waals surface area contributed by atoms with E-state index in [1.165, 1.54) is 21.9 Å². The number of rotatable bonds is 0. The van der Waals surface area contributed by atoms with Crippen LogP contribution in [0, 0.1) is 0 Å². The summed E-state index contributed by atoms with van der Waals surface area (Å²) >= 11 is 0. The van der Waals surface area contributed by atoms with E-state index in [4.69, 9.17) is 4.98 Å². The van der Waals surface area contributed by atoms with Crippen molar-refractivity contribution in [2.24, 2.45) is 0 Å². The Morgan fingerprint density at radius 3 is 2.05 bits per heavy atom. The lowest BCUT2D eigenvalue weighted by atomic mass is 9.74. The van der Waals surface area contributed by atoms with Gasteiger partial charge in [-0.25, -0.2) is 4.98 Å². The molecule has 1 nitrogen and oxygen atoms in total. The highest BCUT2D eigenvalue weighted by atomic mass is 14.7. The molecule has 0 aliphatic carbocycles. The fraction of sp³-hybridized carbons (Fsp3) is 0.381. The van der Waals surface area contributed by atoms with Gasteiger partial charge >= 0.3 is 0 Å². The number of hydrogen-bond donors (Lipinski definition) is 0. The van der Waals surface area contributed by atoms with Crippen LogP contribution in [0.4, 0.5) is 0 Å². The summed E-state index contributed by atoms with van der Waals surface area (Å²) in [6, 6.07) is 15.2. The minimum atomic E-state index is 0.0670. The van der Waals surface area contributed by atoms with E-state index in [9.17, 15) is 0 Å². The summed E-state index contributed by atoms with van der Waals surface area (Å²) in [5.74, 6) is 0. The quantitative estimate of drug-likeness (QED) is 0.464. The topological polar surface area (TPSA) is 12.9 Å². The van der Waals surface area contributed by atoms with Gasteiger partial charge in [0.1, 0.15) is 0 Å². The predicted octanol–water partition coefficient (Wildman–Crippen LogP) is 5.98. The number of fused-ring (bicyclic) bond motifs is 2. The molecule has 1 aromatic heterocycles. The van der Waals surface area contributed by atoms with Gasteiger partial charge < -0.3 is 0 Å². The minimum Gasteiger partial charge on any atom is -0.247 e. The number of hydrogen-bond acceptors (Lipinski definition) is 1. The van der Waals surface area contributed by atoms with Crippen LogP contribution in [0.25, 0.3) is 21.8 Å². The van der Waals surface area contributed by atoms with Crippen LogP contribution in [0.3, 0.4) is 0 Å². The van der Waals surface area contributed by atoms with E-state index in [2.05, 4.69) is 84.0 Å². The molecule has 0 saturated carbocycles. The van der Waals surface area contributed by atoms with Crippen LogP contribution in [0.1, 0.15) is 52.7 Å². The lowest BCUT2D eigenvalue weighted by Crippen LogP contribution is -2.22. The Hall–Kier alpha value is -1.89. The summed E-state index contributed by atoms with van der Waals surface area (Å²) in [5, 5.41) is 2.44. The van der Waals surface area contributed by atoms with Gasteiger partial charge in [-0.1, -0.05) is 71.9 Å². The number of nitrogens with zero attached hydrogens (tertiary/aromatic N) is 1. The highest BCUT2D eigenvalue weighted by Gasteiger charge is 2.27. The zero-order valence-electron chi connectivity index (χ0n) is 14.5. The smallest absolute Gasteiger partial charge is 0.0749 e. The number of para-hydroxylation sites is 1. The Morgan fingerprint density at radius 1 is 0.727 bits per heavy atom. The minimum absolute atomic E-state index is 0.0670. The monoisotopic (exact) mass is 291 g/mol. The first-order valence-corrected chi connectivity index (χ1v) is 8.01. The van der Waals surface area contributed by atoms with Crippen LogP contribution in [-0.4, -0.2) is 4.98 Å². The molecule has 0 amide bonds. The van der Waals surface area contributed by atoms with E-state index < -0.39 is 0 Å². The standard InChI is InChI=1S/C21H25N/c1-20(2,3)16-12-11-15-13-14-9-7-8-10-17(14)22-19(15)18(16)21(4,5)6/h7-13H,1-6H3. The Bertz CT molecular complexity index is 845. The highest BCUT2D eigenvalue weighted by molar-refractivity contribution is 5.95. The van der Waals surface area contributed by atoms with Gasteiger partial charge in [-0.2, -0.15) is 0 Å². The van der Waals surface area contributed by atoms with Crippen molar-refractivity contribution in [3.8, 4) is 0 Å². The summed E-state index contributed by atoms with van der Waals surface area (Å²) in [5.41, 5.74) is 5.19. The molecule has 0 N–H and O–H groups in total. The molecule has 22 heavy (non-hydrogen) atoms. The van der Waals surface area contributed by atoms with Gasteiger partial charge in [-0.05, 0) is 34.1 Å². The van der Waals surface area contributed by atoms with Crippen molar-refractivity contribution in [2.75, 3.05) is 0 Å². The Balaban J connectivity index is 2.48. The lowest BCUT2D eigenvalue weighted by molar-refractivity contribution is 0.534. The van der Waals surface area contributed by atoms with Gasteiger partial charge in [0.15, 0.2) is 0 Å². The lowest BCUT2D eigenvalue weighted by Gasteiger charge is -2.31. The molecule has 0 unspecified atom stereocenters. The Labute approximate surface area is 133 Å². The maximum absolute atomic E-state index is 5.02. The number of pyridine rings is 1. The van der Waals surface area contributed by atoms with Crippen LogP contribution >= 0.6 is 0 Å². The molecular formula is C21H25N. The van der Waals surface area contributed by atoms with E-state index in [1.54, 1.807) is 0 Å². The fourth-order valence-electron chi connectivity index (χ4n) is 3.23. The Kier molecular flexibility index (Phi) is 3.28. The van der Waals surface area contributed by atoms with Crippen molar-refractivity contribution < 1.29 is 0 Å². The van der Waals surface area contributed by atoms with Gasteiger partial charge in [0, 0.05) is 10.8 Å². The molecule has 0 bridgehead atoms. The number of benzene rings is 2. The summed E-state index contributed by atoms with van der Waals surface area (Å²) in [7, 11) is 0. The second kappa shape index (κ2) is 4.81. The van der Waals surface area contributed by atoms with Crippen LogP contribution in [0.2, 0.25) is 0 Å². The molecule has 0 aliphatic rings. The zero-order valence-corrected chi connectivity index (χ0v) is 14.5. The predicted molar refractivity (Wildman–Crippen MR) is 96.6 cm³/mol. The van der Waals surface area contributed by atoms with Crippen molar-refractivity contribution in [3.05, 3.63) is 53.6 Å². The molecule has 0 spiro atoms. The van der Waals surface area contributed by atoms with E-state index >= 15 is 0 Å². The van der Waals surface area contributed by atoms with Gasteiger partial charge in [0.2, 0.25) is 0 Å². The first kappa shape index (κ1) is 15.0. The van der Waals surface area contributed by atoms with Crippen molar-refractivity contribution in [1.29, 1.82) is 0 Å². The average Bonchev–Trinajstić information content (AvgIpc) is 2.41. The molecule has 1 heteroatoms. The molecule has 0 atom stereocenters. The second-order valence-electron chi connectivity index (χ2n) is 8.24. The second-order valence-corrected chi connectivity index (χ2v) is 8.24. The van der Waals surface area contributed by atoms with Gasteiger partial charge in [0.25, 0.3) is 0 Å². The van der Waals surface area contributed by atoms with E-state index in [1.807, 2.05) is 0 Å². The first-order chi connectivity index (χ1) is 10.2. The summed E-state index contributed by atoms with van der Waals surface area (Å²) < 4.78 is 0. The summed E-state index contributed by atoms with van der Waals surface area (Å²) in [4.78, 5) is 5.02. The van der Waals surface area contributed by atoms with Crippen molar-refractivity contribution in [3.63, 3.8) is 0 Å². The molecule has 3 rings (SSSR count). The third-order valence-corrected chi connectivity index (χ3v) is 4.25. The van der Waals surface area contributed by atoms with Crippen LogP contribution in [0.5, 0.6) is 0 Å². The maximum Gasteiger partial charge on any atom is 0.0749 e. The van der Waals surface area contributed by atoms with Crippen LogP contribution < -0.4 is 0 Å². The van der Waals surface area contributed by atoms with Gasteiger partial charge in [-0.3, -0.25) is 0 Å². The van der Waals surface area contributed by atoms with E-state index in [0.29, 0.717) is 0 Å². The van der Waals surface area contributed by atoms with Crippen LogP contribution in [-0.2, 0) is 10.8 Å². The van der Waals surface area contributed by atoms with Crippen molar-refractivity contribution in [1.82, 2.24) is 4.98 Å². The van der Waals surface area contributed by atoms with Gasteiger partial charge in [0.05, 0.1) is 11.0 Å². The molecule has 114 valence electrons. The van der Waals surface area contributed by atoms with E-state index in [0.717, 1.165) is 11.0 Å². The van der Waals surface area contributed by atoms with Crippen LogP contribution in [0.15, 0.2) is 42.5 Å². The molecule has 0 aliphatic heterocycles. The van der Waals surface area contributed by atoms with Crippen molar-refractivity contribution in [2.45, 2.75) is 52.4 Å². The molecular weight excluding hydrogens is 266 g/mol. The molecule has 0 saturated heterocycles. The normalized spacial score (nSPS) is 13.0.